The Kier molecular flexibility index (Phi) is 6.51. The molecular formula is C19H16Cl2N4O2S. The van der Waals surface area contributed by atoms with E-state index in [1.165, 1.54) is 11.3 Å². The number of carbonyl (C=O) groups is 2. The first-order valence-corrected chi connectivity index (χ1v) is 9.86. The Bertz CT molecular complexity index is 1010. The molecule has 0 aliphatic heterocycles. The summed E-state index contributed by atoms with van der Waals surface area (Å²) in [5.74, 6) is -0.220. The summed E-state index contributed by atoms with van der Waals surface area (Å²) in [4.78, 5) is 28.5. The number of aryl methyl sites for hydroxylation is 1. The van der Waals surface area contributed by atoms with Crippen molar-refractivity contribution in [3.05, 3.63) is 69.1 Å². The number of hydrogen-bond donors (Lipinski definition) is 3. The minimum absolute atomic E-state index is 0.0858. The SMILES string of the molecule is Cc1ccc(NC(=O)Cc2csc(NC(=O)Nc3ccc(Cl)cc3)n2)cc1Cl. The summed E-state index contributed by atoms with van der Waals surface area (Å²) < 4.78 is 0. The van der Waals surface area contributed by atoms with Gasteiger partial charge in [-0.15, -0.1) is 11.3 Å². The minimum Gasteiger partial charge on any atom is -0.326 e. The summed E-state index contributed by atoms with van der Waals surface area (Å²) in [7, 11) is 0. The van der Waals surface area contributed by atoms with Gasteiger partial charge in [0.2, 0.25) is 5.91 Å². The van der Waals surface area contributed by atoms with Crippen molar-refractivity contribution in [3.63, 3.8) is 0 Å². The highest BCUT2D eigenvalue weighted by Gasteiger charge is 2.11. The number of rotatable bonds is 5. The van der Waals surface area contributed by atoms with Crippen LogP contribution in [0.25, 0.3) is 0 Å². The smallest absolute Gasteiger partial charge is 0.325 e. The van der Waals surface area contributed by atoms with E-state index in [9.17, 15) is 9.59 Å². The number of carbonyl (C=O) groups excluding carboxylic acids is 2. The van der Waals surface area contributed by atoms with Crippen LogP contribution >= 0.6 is 34.5 Å². The van der Waals surface area contributed by atoms with Crippen LogP contribution in [-0.2, 0) is 11.2 Å². The van der Waals surface area contributed by atoms with Crippen LogP contribution in [0.5, 0.6) is 0 Å². The van der Waals surface area contributed by atoms with Crippen LogP contribution in [0, 0.1) is 6.92 Å². The molecular weight excluding hydrogens is 419 g/mol. The lowest BCUT2D eigenvalue weighted by molar-refractivity contribution is -0.115. The molecule has 0 aliphatic rings. The summed E-state index contributed by atoms with van der Waals surface area (Å²) in [6.07, 6.45) is 0.0858. The first-order valence-electron chi connectivity index (χ1n) is 8.23. The van der Waals surface area contributed by atoms with Crippen molar-refractivity contribution in [2.75, 3.05) is 16.0 Å². The molecule has 9 heteroatoms. The van der Waals surface area contributed by atoms with Gasteiger partial charge in [0.25, 0.3) is 0 Å². The number of anilines is 3. The maximum atomic E-state index is 12.2. The molecule has 0 saturated carbocycles. The summed E-state index contributed by atoms with van der Waals surface area (Å²) in [6, 6.07) is 11.6. The van der Waals surface area contributed by atoms with Crippen molar-refractivity contribution in [2.24, 2.45) is 0 Å². The first kappa shape index (κ1) is 20.1. The molecule has 144 valence electrons. The zero-order valence-corrected chi connectivity index (χ0v) is 17.1. The number of amides is 3. The van der Waals surface area contributed by atoms with Gasteiger partial charge in [0, 0.05) is 26.8 Å². The highest BCUT2D eigenvalue weighted by Crippen LogP contribution is 2.21. The average molecular weight is 435 g/mol. The lowest BCUT2D eigenvalue weighted by Gasteiger charge is -2.06. The first-order chi connectivity index (χ1) is 13.4. The van der Waals surface area contributed by atoms with Gasteiger partial charge in [-0.05, 0) is 48.9 Å². The number of benzene rings is 2. The molecule has 3 amide bonds. The zero-order valence-electron chi connectivity index (χ0n) is 14.8. The van der Waals surface area contributed by atoms with Gasteiger partial charge in [-0.3, -0.25) is 10.1 Å². The van der Waals surface area contributed by atoms with E-state index in [0.717, 1.165) is 5.56 Å². The van der Waals surface area contributed by atoms with Crippen LogP contribution in [0.4, 0.5) is 21.3 Å². The number of nitrogens with one attached hydrogen (secondary N) is 3. The normalized spacial score (nSPS) is 10.4. The quantitative estimate of drug-likeness (QED) is 0.489. The fourth-order valence-electron chi connectivity index (χ4n) is 2.28. The Morgan fingerprint density at radius 3 is 2.43 bits per heavy atom. The third kappa shape index (κ3) is 5.69. The van der Waals surface area contributed by atoms with Crippen LogP contribution in [-0.4, -0.2) is 16.9 Å². The number of nitrogens with zero attached hydrogens (tertiary/aromatic N) is 1. The van der Waals surface area contributed by atoms with E-state index >= 15 is 0 Å². The average Bonchev–Trinajstić information content (AvgIpc) is 3.06. The Morgan fingerprint density at radius 1 is 1.00 bits per heavy atom. The second-order valence-electron chi connectivity index (χ2n) is 5.92. The summed E-state index contributed by atoms with van der Waals surface area (Å²) in [6.45, 7) is 1.89. The summed E-state index contributed by atoms with van der Waals surface area (Å²) >= 11 is 13.1. The Morgan fingerprint density at radius 2 is 1.71 bits per heavy atom. The van der Waals surface area contributed by atoms with Gasteiger partial charge in [-0.2, -0.15) is 0 Å². The summed E-state index contributed by atoms with van der Waals surface area (Å²) in [5.41, 5.74) is 2.72. The molecule has 0 fully saturated rings. The molecule has 0 unspecified atom stereocenters. The molecule has 0 bridgehead atoms. The number of thiazole rings is 1. The van der Waals surface area contributed by atoms with Crippen LogP contribution < -0.4 is 16.0 Å². The molecule has 3 rings (SSSR count). The number of aromatic nitrogens is 1. The van der Waals surface area contributed by atoms with Crippen molar-refractivity contribution < 1.29 is 9.59 Å². The van der Waals surface area contributed by atoms with Crippen LogP contribution in [0.1, 0.15) is 11.3 Å². The van der Waals surface area contributed by atoms with E-state index in [1.807, 2.05) is 13.0 Å². The largest absolute Gasteiger partial charge is 0.326 e. The molecule has 1 aromatic heterocycles. The lowest BCUT2D eigenvalue weighted by atomic mass is 10.2. The van der Waals surface area contributed by atoms with Crippen molar-refractivity contribution in [1.29, 1.82) is 0 Å². The maximum absolute atomic E-state index is 12.2. The Balaban J connectivity index is 1.53. The minimum atomic E-state index is -0.429. The monoisotopic (exact) mass is 434 g/mol. The molecule has 3 N–H and O–H groups in total. The molecule has 0 saturated heterocycles. The predicted molar refractivity (Wildman–Crippen MR) is 115 cm³/mol. The van der Waals surface area contributed by atoms with E-state index in [4.69, 9.17) is 23.2 Å². The molecule has 2 aromatic carbocycles. The second kappa shape index (κ2) is 9.05. The van der Waals surface area contributed by atoms with Crippen molar-refractivity contribution >= 4 is 63.0 Å². The highest BCUT2D eigenvalue weighted by atomic mass is 35.5. The molecule has 6 nitrogen and oxygen atoms in total. The second-order valence-corrected chi connectivity index (χ2v) is 7.62. The number of halogens is 2. The van der Waals surface area contributed by atoms with E-state index in [2.05, 4.69) is 20.9 Å². The standard InChI is InChI=1S/C19H16Cl2N4O2S/c1-11-2-5-14(8-16(11)21)22-17(26)9-15-10-28-19(24-15)25-18(27)23-13-6-3-12(20)4-7-13/h2-8,10H,9H2,1H3,(H,22,26)(H2,23,24,25,27). The molecule has 0 aliphatic carbocycles. The van der Waals surface area contributed by atoms with Gasteiger partial charge in [0.1, 0.15) is 0 Å². The lowest BCUT2D eigenvalue weighted by Crippen LogP contribution is -2.19. The van der Waals surface area contributed by atoms with E-state index in [1.54, 1.807) is 41.8 Å². The topological polar surface area (TPSA) is 83.1 Å². The Hall–Kier alpha value is -2.61. The van der Waals surface area contributed by atoms with E-state index in [0.29, 0.717) is 32.2 Å². The fraction of sp³-hybridized carbons (Fsp3) is 0.105. The van der Waals surface area contributed by atoms with Crippen molar-refractivity contribution in [2.45, 2.75) is 13.3 Å². The Labute approximate surface area is 175 Å². The number of urea groups is 1. The molecule has 0 spiro atoms. The molecule has 28 heavy (non-hydrogen) atoms. The van der Waals surface area contributed by atoms with E-state index < -0.39 is 6.03 Å². The summed E-state index contributed by atoms with van der Waals surface area (Å²) in [5, 5.41) is 11.4. The van der Waals surface area contributed by atoms with Crippen molar-refractivity contribution in [3.8, 4) is 0 Å². The third-order valence-electron chi connectivity index (χ3n) is 3.67. The maximum Gasteiger partial charge on any atom is 0.325 e. The third-order valence-corrected chi connectivity index (χ3v) is 5.14. The van der Waals surface area contributed by atoms with Gasteiger partial charge in [0.05, 0.1) is 12.1 Å². The van der Waals surface area contributed by atoms with Gasteiger partial charge in [0.15, 0.2) is 5.13 Å². The molecule has 1 heterocycles. The van der Waals surface area contributed by atoms with Gasteiger partial charge >= 0.3 is 6.03 Å². The predicted octanol–water partition coefficient (Wildman–Crippen LogP) is 5.58. The van der Waals surface area contributed by atoms with Crippen LogP contribution in [0.3, 0.4) is 0 Å². The van der Waals surface area contributed by atoms with Crippen LogP contribution in [0.15, 0.2) is 47.8 Å². The molecule has 3 aromatic rings. The van der Waals surface area contributed by atoms with Crippen molar-refractivity contribution in [1.82, 2.24) is 4.98 Å². The van der Waals surface area contributed by atoms with Crippen LogP contribution in [0.2, 0.25) is 10.0 Å². The van der Waals surface area contributed by atoms with Gasteiger partial charge in [-0.1, -0.05) is 29.3 Å². The molecule has 0 radical (unpaired) electrons. The fourth-order valence-corrected chi connectivity index (χ4v) is 3.29. The van der Waals surface area contributed by atoms with Gasteiger partial charge in [-0.25, -0.2) is 9.78 Å². The number of hydrogen-bond acceptors (Lipinski definition) is 4. The van der Waals surface area contributed by atoms with Gasteiger partial charge < -0.3 is 10.6 Å². The highest BCUT2D eigenvalue weighted by molar-refractivity contribution is 7.14. The molecule has 0 atom stereocenters. The zero-order chi connectivity index (χ0) is 20.1. The van der Waals surface area contributed by atoms with E-state index in [-0.39, 0.29) is 12.3 Å².